The minimum Gasteiger partial charge on any atom is -0.381 e. The lowest BCUT2D eigenvalue weighted by molar-refractivity contribution is 0.583. The quantitative estimate of drug-likeness (QED) is 0.705. The van der Waals surface area contributed by atoms with Crippen molar-refractivity contribution in [3.8, 4) is 0 Å². The molecule has 1 atom stereocenters. The Hall–Kier alpha value is -0.930. The van der Waals surface area contributed by atoms with Gasteiger partial charge in [-0.15, -0.1) is 0 Å². The minimum absolute atomic E-state index is 0.0306. The first-order valence-electron chi connectivity index (χ1n) is 4.99. The Morgan fingerprint density at radius 1 is 1.59 bits per heavy atom. The number of aromatic nitrogens is 2. The first kappa shape index (κ1) is 14.1. The topological polar surface area (TPSA) is 107 Å². The molecule has 1 rings (SSSR count). The van der Waals surface area contributed by atoms with Crippen LogP contribution in [0.3, 0.4) is 0 Å². The zero-order valence-electron chi connectivity index (χ0n) is 9.71. The van der Waals surface area contributed by atoms with Crippen molar-refractivity contribution in [2.24, 2.45) is 0 Å². The normalized spacial score (nSPS) is 13.8. The summed E-state index contributed by atoms with van der Waals surface area (Å²) in [5, 5.41) is 3.85. The van der Waals surface area contributed by atoms with Crippen LogP contribution in [0.2, 0.25) is 0 Å². The van der Waals surface area contributed by atoms with Gasteiger partial charge in [0.1, 0.15) is 4.90 Å². The van der Waals surface area contributed by atoms with Gasteiger partial charge in [0.2, 0.25) is 10.0 Å². The Bertz CT molecular complexity index is 509. The van der Waals surface area contributed by atoms with Gasteiger partial charge in [-0.25, -0.2) is 13.1 Å². The molecule has 9 heteroatoms. The molecule has 98 valence electrons. The summed E-state index contributed by atoms with van der Waals surface area (Å²) in [5.41, 5.74) is 5.52. The molecule has 0 saturated heterocycles. The molecule has 0 aliphatic carbocycles. The van der Waals surface area contributed by atoms with E-state index in [4.69, 9.17) is 5.73 Å². The monoisotopic (exact) mass is 280 g/mol. The smallest absolute Gasteiger partial charge is 0.245 e. The van der Waals surface area contributed by atoms with Crippen LogP contribution in [-0.4, -0.2) is 41.0 Å². The Kier molecular flexibility index (Phi) is 4.66. The molecule has 0 amide bonds. The summed E-state index contributed by atoms with van der Waals surface area (Å²) in [4.78, 5) is -0.0405. The van der Waals surface area contributed by atoms with E-state index < -0.39 is 20.8 Å². The van der Waals surface area contributed by atoms with Crippen LogP contribution < -0.4 is 10.5 Å². The molecule has 0 spiro atoms. The Morgan fingerprint density at radius 3 is 2.71 bits per heavy atom. The van der Waals surface area contributed by atoms with Crippen molar-refractivity contribution in [1.82, 2.24) is 14.5 Å². The molecule has 0 bridgehead atoms. The lowest BCUT2D eigenvalue weighted by Gasteiger charge is -2.03. The second kappa shape index (κ2) is 5.61. The number of sulfonamides is 1. The van der Waals surface area contributed by atoms with Gasteiger partial charge in [0.05, 0.1) is 0 Å². The summed E-state index contributed by atoms with van der Waals surface area (Å²) in [7, 11) is -4.71. The predicted octanol–water partition coefficient (Wildman–Crippen LogP) is -0.858. The van der Waals surface area contributed by atoms with Crippen molar-refractivity contribution in [2.75, 3.05) is 24.3 Å². The number of anilines is 1. The van der Waals surface area contributed by atoms with E-state index in [1.54, 1.807) is 0 Å². The third-order valence-corrected chi connectivity index (χ3v) is 4.31. The van der Waals surface area contributed by atoms with Crippen LogP contribution in [-0.2, 0) is 27.4 Å². The number of hydrogen-bond acceptors (Lipinski definition) is 5. The highest BCUT2D eigenvalue weighted by molar-refractivity contribution is 7.89. The van der Waals surface area contributed by atoms with Crippen molar-refractivity contribution in [1.29, 1.82) is 0 Å². The van der Waals surface area contributed by atoms with E-state index in [2.05, 4.69) is 9.82 Å². The van der Waals surface area contributed by atoms with Crippen molar-refractivity contribution in [3.05, 3.63) is 6.20 Å². The summed E-state index contributed by atoms with van der Waals surface area (Å²) in [6, 6.07) is 0. The van der Waals surface area contributed by atoms with Gasteiger partial charge >= 0.3 is 0 Å². The molecule has 0 radical (unpaired) electrons. The van der Waals surface area contributed by atoms with Crippen LogP contribution in [0.25, 0.3) is 0 Å². The molecule has 17 heavy (non-hydrogen) atoms. The Labute approximate surface area is 103 Å². The van der Waals surface area contributed by atoms with Gasteiger partial charge < -0.3 is 5.73 Å². The second-order valence-electron chi connectivity index (χ2n) is 3.41. The summed E-state index contributed by atoms with van der Waals surface area (Å²) < 4.78 is 38.2. The lowest BCUT2D eigenvalue weighted by Crippen LogP contribution is -2.28. The fourth-order valence-electron chi connectivity index (χ4n) is 1.18. The molecular formula is C8H16N4O3S2. The van der Waals surface area contributed by atoms with E-state index in [0.717, 1.165) is 0 Å². The van der Waals surface area contributed by atoms with E-state index in [-0.39, 0.29) is 23.0 Å². The maximum atomic E-state index is 11.8. The molecule has 1 unspecified atom stereocenters. The lowest BCUT2D eigenvalue weighted by atomic mass is 10.6. The zero-order chi connectivity index (χ0) is 13.1. The maximum absolute atomic E-state index is 11.8. The van der Waals surface area contributed by atoms with Gasteiger partial charge in [-0.05, 0) is 6.92 Å². The summed E-state index contributed by atoms with van der Waals surface area (Å²) in [6.07, 6.45) is 2.89. The summed E-state index contributed by atoms with van der Waals surface area (Å²) in [6.45, 7) is 2.48. The Balaban J connectivity index is 2.82. The first-order valence-corrected chi connectivity index (χ1v) is 8.20. The molecule has 0 aromatic carbocycles. The van der Waals surface area contributed by atoms with Crippen molar-refractivity contribution >= 4 is 26.6 Å². The molecule has 3 N–H and O–H groups in total. The van der Waals surface area contributed by atoms with E-state index in [1.165, 1.54) is 17.1 Å². The van der Waals surface area contributed by atoms with Gasteiger partial charge in [0.25, 0.3) is 0 Å². The van der Waals surface area contributed by atoms with Gasteiger partial charge in [-0.3, -0.25) is 8.89 Å². The zero-order valence-corrected chi connectivity index (χ0v) is 11.3. The van der Waals surface area contributed by atoms with E-state index in [1.807, 2.05) is 6.92 Å². The van der Waals surface area contributed by atoms with Crippen molar-refractivity contribution in [3.63, 3.8) is 0 Å². The predicted molar refractivity (Wildman–Crippen MR) is 66.4 cm³/mol. The van der Waals surface area contributed by atoms with E-state index >= 15 is 0 Å². The molecule has 7 nitrogen and oxygen atoms in total. The number of nitrogens with two attached hydrogens (primary N) is 1. The van der Waals surface area contributed by atoms with Crippen LogP contribution in [0.15, 0.2) is 11.1 Å². The third kappa shape index (κ3) is 3.79. The average Bonchev–Trinajstić information content (AvgIpc) is 2.59. The molecule has 1 heterocycles. The van der Waals surface area contributed by atoms with Gasteiger partial charge in [0.15, 0.2) is 5.82 Å². The average molecular weight is 280 g/mol. The fraction of sp³-hybridized carbons (Fsp3) is 0.625. The molecule has 1 aromatic heterocycles. The van der Waals surface area contributed by atoms with Crippen molar-refractivity contribution < 1.29 is 12.6 Å². The number of rotatable bonds is 6. The van der Waals surface area contributed by atoms with E-state index in [9.17, 15) is 12.6 Å². The highest BCUT2D eigenvalue weighted by atomic mass is 32.2. The van der Waals surface area contributed by atoms with Gasteiger partial charge in [0, 0.05) is 42.1 Å². The number of nitrogens with zero attached hydrogens (tertiary/aromatic N) is 2. The standard InChI is InChI=1S/C8H16N4O3S2/c1-3-12-6-7(8(9)11-12)17(14,15)10-4-5-16(2)13/h6,10H,3-5H2,1-2H3,(H2,9,11). The molecule has 0 saturated carbocycles. The van der Waals surface area contributed by atoms with Crippen LogP contribution in [0.1, 0.15) is 6.92 Å². The molecule has 0 fully saturated rings. The number of hydrogen-bond donors (Lipinski definition) is 2. The summed E-state index contributed by atoms with van der Waals surface area (Å²) in [5.74, 6) is 0.234. The third-order valence-electron chi connectivity index (χ3n) is 2.05. The largest absolute Gasteiger partial charge is 0.381 e. The SMILES string of the molecule is CCn1cc(S(=O)(=O)NCCS(C)=O)c(N)n1. The molecular weight excluding hydrogens is 264 g/mol. The van der Waals surface area contributed by atoms with Crippen molar-refractivity contribution in [2.45, 2.75) is 18.4 Å². The molecule has 0 aliphatic rings. The molecule has 0 aliphatic heterocycles. The van der Waals surface area contributed by atoms with Crippen LogP contribution in [0, 0.1) is 0 Å². The van der Waals surface area contributed by atoms with Crippen LogP contribution >= 0.6 is 0 Å². The maximum Gasteiger partial charge on any atom is 0.245 e. The van der Waals surface area contributed by atoms with E-state index in [0.29, 0.717) is 6.54 Å². The van der Waals surface area contributed by atoms with Gasteiger partial charge in [-0.2, -0.15) is 5.10 Å². The number of nitrogen functional groups attached to an aromatic ring is 1. The number of nitrogens with one attached hydrogen (secondary N) is 1. The van der Waals surface area contributed by atoms with Gasteiger partial charge in [-0.1, -0.05) is 0 Å². The fourth-order valence-corrected chi connectivity index (χ4v) is 2.81. The summed E-state index contributed by atoms with van der Waals surface area (Å²) >= 11 is 0. The second-order valence-corrected chi connectivity index (χ2v) is 6.70. The Morgan fingerprint density at radius 2 is 2.24 bits per heavy atom. The highest BCUT2D eigenvalue weighted by Crippen LogP contribution is 2.15. The first-order chi connectivity index (χ1) is 7.86. The number of aryl methyl sites for hydroxylation is 1. The van der Waals surface area contributed by atoms with Crippen LogP contribution in [0.5, 0.6) is 0 Å². The minimum atomic E-state index is -3.67. The highest BCUT2D eigenvalue weighted by Gasteiger charge is 2.20. The van der Waals surface area contributed by atoms with Crippen LogP contribution in [0.4, 0.5) is 5.82 Å². The molecule has 1 aromatic rings.